The van der Waals surface area contributed by atoms with Crippen molar-refractivity contribution in [3.05, 3.63) is 81.2 Å². The summed E-state index contributed by atoms with van der Waals surface area (Å²) < 4.78 is 5.72. The molecule has 150 valence electrons. The molecule has 0 aliphatic carbocycles. The minimum Gasteiger partial charge on any atom is -0.451 e. The number of aliphatic hydroxyl groups is 1. The van der Waals surface area contributed by atoms with Gasteiger partial charge in [0.05, 0.1) is 12.0 Å². The van der Waals surface area contributed by atoms with E-state index in [2.05, 4.69) is 0 Å². The van der Waals surface area contributed by atoms with Gasteiger partial charge in [-0.15, -0.1) is 0 Å². The second-order valence-corrected chi connectivity index (χ2v) is 8.20. The van der Waals surface area contributed by atoms with E-state index in [0.29, 0.717) is 35.5 Å². The number of likely N-dealkylation sites (tertiary alicyclic amines) is 1. The largest absolute Gasteiger partial charge is 0.451 e. The van der Waals surface area contributed by atoms with Gasteiger partial charge in [-0.05, 0) is 49.1 Å². The number of amides is 1. The number of para-hydroxylation sites is 1. The van der Waals surface area contributed by atoms with Crippen molar-refractivity contribution < 1.29 is 14.3 Å². The van der Waals surface area contributed by atoms with Crippen molar-refractivity contribution >= 4 is 28.5 Å². The lowest BCUT2D eigenvalue weighted by Gasteiger charge is -2.41. The first-order valence-corrected chi connectivity index (χ1v) is 10.0. The Kier molecular flexibility index (Phi) is 5.43. The average Bonchev–Trinajstić information content (AvgIpc) is 2.73. The minimum atomic E-state index is -0.449. The van der Waals surface area contributed by atoms with E-state index in [-0.39, 0.29) is 23.7 Å². The SMILES string of the molecule is O=C(c1cc(=O)c2ccccc2o1)N1CCC[C@@](CO)(Cc2cccc(Cl)c2)C1. The fourth-order valence-electron chi connectivity index (χ4n) is 4.16. The van der Waals surface area contributed by atoms with Gasteiger partial charge in [0, 0.05) is 29.6 Å². The summed E-state index contributed by atoms with van der Waals surface area (Å²) in [5.41, 5.74) is 0.737. The molecule has 6 heteroatoms. The van der Waals surface area contributed by atoms with Gasteiger partial charge in [0.25, 0.3) is 5.91 Å². The standard InChI is InChI=1S/C23H22ClNO4/c24-17-6-3-5-16(11-17)13-23(15-26)9-4-10-25(14-23)22(28)21-12-19(27)18-7-1-2-8-20(18)29-21/h1-3,5-8,11-12,26H,4,9-10,13-15H2/t23-/m1/s1. The van der Waals surface area contributed by atoms with E-state index >= 15 is 0 Å². The molecule has 4 rings (SSSR count). The summed E-state index contributed by atoms with van der Waals surface area (Å²) >= 11 is 6.10. The van der Waals surface area contributed by atoms with Crippen LogP contribution in [0.3, 0.4) is 0 Å². The number of nitrogens with zero attached hydrogens (tertiary/aromatic N) is 1. The maximum absolute atomic E-state index is 13.1. The highest BCUT2D eigenvalue weighted by Crippen LogP contribution is 2.34. The van der Waals surface area contributed by atoms with Crippen LogP contribution in [0.2, 0.25) is 5.02 Å². The number of hydrogen-bond acceptors (Lipinski definition) is 4. The summed E-state index contributed by atoms with van der Waals surface area (Å²) in [6.45, 7) is 0.920. The first-order valence-electron chi connectivity index (χ1n) is 9.67. The number of carbonyl (C=O) groups excluding carboxylic acids is 1. The van der Waals surface area contributed by atoms with Crippen LogP contribution in [0.5, 0.6) is 0 Å². The Balaban J connectivity index is 1.60. The van der Waals surface area contributed by atoms with Crippen molar-refractivity contribution in [1.82, 2.24) is 4.90 Å². The fraction of sp³-hybridized carbons (Fsp3) is 0.304. The molecule has 1 fully saturated rings. The van der Waals surface area contributed by atoms with Crippen molar-refractivity contribution in [3.63, 3.8) is 0 Å². The molecule has 2 heterocycles. The van der Waals surface area contributed by atoms with E-state index < -0.39 is 5.41 Å². The van der Waals surface area contributed by atoms with Crippen molar-refractivity contribution in [2.24, 2.45) is 5.41 Å². The normalized spacial score (nSPS) is 19.4. The molecular formula is C23H22ClNO4. The van der Waals surface area contributed by atoms with Crippen LogP contribution in [0.4, 0.5) is 0 Å². The Morgan fingerprint density at radius 2 is 2.00 bits per heavy atom. The Hall–Kier alpha value is -2.63. The fourth-order valence-corrected chi connectivity index (χ4v) is 4.37. The first-order chi connectivity index (χ1) is 14.0. The van der Waals surface area contributed by atoms with E-state index in [4.69, 9.17) is 16.0 Å². The van der Waals surface area contributed by atoms with Gasteiger partial charge in [-0.25, -0.2) is 0 Å². The second-order valence-electron chi connectivity index (χ2n) is 7.77. The van der Waals surface area contributed by atoms with Crippen LogP contribution in [0.15, 0.2) is 63.8 Å². The number of benzene rings is 2. The molecule has 1 amide bonds. The number of halogens is 1. The van der Waals surface area contributed by atoms with E-state index in [1.165, 1.54) is 6.07 Å². The summed E-state index contributed by atoms with van der Waals surface area (Å²) in [6, 6.07) is 15.7. The Labute approximate surface area is 173 Å². The molecule has 5 nitrogen and oxygen atoms in total. The van der Waals surface area contributed by atoms with Gasteiger partial charge in [0.15, 0.2) is 11.2 Å². The number of rotatable bonds is 4. The van der Waals surface area contributed by atoms with Crippen LogP contribution in [0.1, 0.15) is 29.0 Å². The van der Waals surface area contributed by atoms with Crippen LogP contribution in [0.25, 0.3) is 11.0 Å². The van der Waals surface area contributed by atoms with Crippen molar-refractivity contribution in [2.45, 2.75) is 19.3 Å². The number of piperidine rings is 1. The number of carbonyl (C=O) groups is 1. The van der Waals surface area contributed by atoms with Gasteiger partial charge in [0.1, 0.15) is 5.58 Å². The zero-order valence-corrected chi connectivity index (χ0v) is 16.7. The third kappa shape index (κ3) is 4.07. The molecule has 0 radical (unpaired) electrons. The lowest BCUT2D eigenvalue weighted by atomic mass is 9.75. The highest BCUT2D eigenvalue weighted by molar-refractivity contribution is 6.30. The molecule has 3 aromatic rings. The first kappa shape index (κ1) is 19.7. The summed E-state index contributed by atoms with van der Waals surface area (Å²) in [6.07, 6.45) is 2.20. The second kappa shape index (κ2) is 8.01. The molecule has 0 spiro atoms. The highest BCUT2D eigenvalue weighted by Gasteiger charge is 2.37. The molecule has 1 atom stereocenters. The van der Waals surface area contributed by atoms with Gasteiger partial charge in [-0.2, -0.15) is 0 Å². The van der Waals surface area contributed by atoms with Crippen LogP contribution < -0.4 is 5.43 Å². The van der Waals surface area contributed by atoms with Gasteiger partial charge in [-0.1, -0.05) is 35.9 Å². The monoisotopic (exact) mass is 411 g/mol. The average molecular weight is 412 g/mol. The molecule has 1 aromatic heterocycles. The van der Waals surface area contributed by atoms with Gasteiger partial charge in [-0.3, -0.25) is 9.59 Å². The van der Waals surface area contributed by atoms with E-state index in [1.54, 1.807) is 29.2 Å². The molecule has 0 saturated carbocycles. The van der Waals surface area contributed by atoms with Crippen LogP contribution >= 0.6 is 11.6 Å². The summed E-state index contributed by atoms with van der Waals surface area (Å²) in [5.74, 6) is -0.290. The van der Waals surface area contributed by atoms with Crippen LogP contribution in [-0.4, -0.2) is 35.6 Å². The molecule has 2 aromatic carbocycles. The third-order valence-electron chi connectivity index (χ3n) is 5.60. The van der Waals surface area contributed by atoms with Gasteiger partial charge >= 0.3 is 0 Å². The lowest BCUT2D eigenvalue weighted by molar-refractivity contribution is 0.0253. The highest BCUT2D eigenvalue weighted by atomic mass is 35.5. The molecule has 29 heavy (non-hydrogen) atoms. The Bertz CT molecular complexity index is 1110. The summed E-state index contributed by atoms with van der Waals surface area (Å²) in [5, 5.41) is 11.3. The number of fused-ring (bicyclic) bond motifs is 1. The van der Waals surface area contributed by atoms with Crippen molar-refractivity contribution in [1.29, 1.82) is 0 Å². The molecule has 1 saturated heterocycles. The Morgan fingerprint density at radius 1 is 1.17 bits per heavy atom. The zero-order chi connectivity index (χ0) is 20.4. The third-order valence-corrected chi connectivity index (χ3v) is 5.83. The Morgan fingerprint density at radius 3 is 2.79 bits per heavy atom. The summed E-state index contributed by atoms with van der Waals surface area (Å²) in [7, 11) is 0. The molecule has 0 unspecified atom stereocenters. The van der Waals surface area contributed by atoms with Crippen molar-refractivity contribution in [3.8, 4) is 0 Å². The predicted octanol–water partition coefficient (Wildman–Crippen LogP) is 3.90. The topological polar surface area (TPSA) is 70.8 Å². The smallest absolute Gasteiger partial charge is 0.289 e. The zero-order valence-electron chi connectivity index (χ0n) is 15.9. The number of aliphatic hydroxyl groups excluding tert-OH is 1. The number of hydrogen-bond donors (Lipinski definition) is 1. The van der Waals surface area contributed by atoms with E-state index in [9.17, 15) is 14.7 Å². The van der Waals surface area contributed by atoms with Crippen LogP contribution in [-0.2, 0) is 6.42 Å². The summed E-state index contributed by atoms with van der Waals surface area (Å²) in [4.78, 5) is 27.1. The van der Waals surface area contributed by atoms with Crippen LogP contribution in [0, 0.1) is 5.41 Å². The predicted molar refractivity (Wildman–Crippen MR) is 112 cm³/mol. The van der Waals surface area contributed by atoms with Crippen molar-refractivity contribution in [2.75, 3.05) is 19.7 Å². The molecule has 1 N–H and O–H groups in total. The lowest BCUT2D eigenvalue weighted by Crippen LogP contribution is -2.49. The quantitative estimate of drug-likeness (QED) is 0.706. The minimum absolute atomic E-state index is 0.0326. The van der Waals surface area contributed by atoms with Gasteiger partial charge in [0.2, 0.25) is 0 Å². The maximum atomic E-state index is 13.1. The molecular weight excluding hydrogens is 390 g/mol. The molecule has 1 aliphatic rings. The van der Waals surface area contributed by atoms with E-state index in [0.717, 1.165) is 18.4 Å². The molecule has 1 aliphatic heterocycles. The maximum Gasteiger partial charge on any atom is 0.289 e. The van der Waals surface area contributed by atoms with Gasteiger partial charge < -0.3 is 14.4 Å². The molecule has 0 bridgehead atoms. The van der Waals surface area contributed by atoms with E-state index in [1.807, 2.05) is 24.3 Å².